The highest BCUT2D eigenvalue weighted by Crippen LogP contribution is 2.31. The lowest BCUT2D eigenvalue weighted by Crippen LogP contribution is -2.46. The average molecular weight is 505 g/mol. The van der Waals surface area contributed by atoms with Crippen molar-refractivity contribution in [1.82, 2.24) is 9.88 Å². The van der Waals surface area contributed by atoms with Crippen LogP contribution in [-0.2, 0) is 22.6 Å². The van der Waals surface area contributed by atoms with Crippen LogP contribution in [0, 0.1) is 5.92 Å². The van der Waals surface area contributed by atoms with Crippen LogP contribution in [0.1, 0.15) is 40.7 Å². The fraction of sp³-hybridized carbons (Fsp3) is 0.321. The number of hydrogen-bond acceptors (Lipinski definition) is 5. The molecular formula is C28H29ClN4O3. The Hall–Kier alpha value is -3.42. The molecule has 1 aromatic heterocycles. The van der Waals surface area contributed by atoms with Gasteiger partial charge in [0.2, 0.25) is 5.91 Å². The number of nitrogens with one attached hydrogen (secondary N) is 2. The van der Waals surface area contributed by atoms with Crippen LogP contribution >= 0.6 is 11.6 Å². The van der Waals surface area contributed by atoms with Gasteiger partial charge < -0.3 is 20.3 Å². The second-order valence-electron chi connectivity index (χ2n) is 9.30. The molecule has 1 atom stereocenters. The predicted octanol–water partition coefficient (Wildman–Crippen LogP) is 5.13. The van der Waals surface area contributed by atoms with E-state index in [1.807, 2.05) is 42.5 Å². The van der Waals surface area contributed by atoms with E-state index in [4.69, 9.17) is 16.3 Å². The highest BCUT2D eigenvalue weighted by Gasteiger charge is 2.37. The molecule has 1 fully saturated rings. The molecule has 2 N–H and O–H groups in total. The zero-order chi connectivity index (χ0) is 24.9. The third kappa shape index (κ3) is 5.69. The molecule has 0 saturated carbocycles. The van der Waals surface area contributed by atoms with Crippen molar-refractivity contribution in [1.29, 1.82) is 0 Å². The molecular weight excluding hydrogens is 476 g/mol. The summed E-state index contributed by atoms with van der Waals surface area (Å²) < 4.78 is 5.50. The normalized spacial score (nSPS) is 18.4. The number of hydrogen-bond donors (Lipinski definition) is 2. The third-order valence-electron chi connectivity index (χ3n) is 6.82. The molecule has 2 aliphatic heterocycles. The lowest BCUT2D eigenvalue weighted by atomic mass is 9.91. The number of amides is 2. The van der Waals surface area contributed by atoms with Gasteiger partial charge in [-0.2, -0.15) is 0 Å². The van der Waals surface area contributed by atoms with Crippen molar-refractivity contribution >= 4 is 34.9 Å². The summed E-state index contributed by atoms with van der Waals surface area (Å²) in [5.74, 6) is 0.803. The van der Waals surface area contributed by atoms with Crippen LogP contribution in [0.3, 0.4) is 0 Å². The Balaban J connectivity index is 1.36. The van der Waals surface area contributed by atoms with Crippen LogP contribution in [0.2, 0.25) is 5.02 Å². The molecule has 5 rings (SSSR count). The van der Waals surface area contributed by atoms with E-state index in [1.54, 1.807) is 29.3 Å². The fourth-order valence-corrected chi connectivity index (χ4v) is 4.97. The molecule has 1 saturated heterocycles. The maximum Gasteiger partial charge on any atom is 0.256 e. The third-order valence-corrected chi connectivity index (χ3v) is 7.06. The van der Waals surface area contributed by atoms with E-state index in [1.165, 1.54) is 0 Å². The van der Waals surface area contributed by atoms with Gasteiger partial charge in [0.05, 0.1) is 11.3 Å². The lowest BCUT2D eigenvalue weighted by Gasteiger charge is -2.32. The van der Waals surface area contributed by atoms with Crippen molar-refractivity contribution in [2.75, 3.05) is 23.8 Å². The van der Waals surface area contributed by atoms with Gasteiger partial charge in [-0.05, 0) is 66.6 Å². The first-order valence-electron chi connectivity index (χ1n) is 12.3. The first-order valence-corrected chi connectivity index (χ1v) is 12.7. The Kier molecular flexibility index (Phi) is 7.49. The van der Waals surface area contributed by atoms with Crippen molar-refractivity contribution < 1.29 is 14.3 Å². The highest BCUT2D eigenvalue weighted by atomic mass is 35.5. The summed E-state index contributed by atoms with van der Waals surface area (Å²) in [5.41, 5.74) is 2.99. The molecule has 2 aromatic carbocycles. The van der Waals surface area contributed by atoms with E-state index in [0.717, 1.165) is 29.8 Å². The average Bonchev–Trinajstić information content (AvgIpc) is 2.99. The van der Waals surface area contributed by atoms with Crippen molar-refractivity contribution in [3.63, 3.8) is 0 Å². The summed E-state index contributed by atoms with van der Waals surface area (Å²) in [7, 11) is 0. The Labute approximate surface area is 215 Å². The zero-order valence-corrected chi connectivity index (χ0v) is 20.7. The van der Waals surface area contributed by atoms with Crippen molar-refractivity contribution in [2.24, 2.45) is 5.92 Å². The summed E-state index contributed by atoms with van der Waals surface area (Å²) in [5, 5.41) is 6.74. The molecule has 7 nitrogen and oxygen atoms in total. The molecule has 2 amide bonds. The molecule has 186 valence electrons. The second-order valence-corrected chi connectivity index (χ2v) is 9.74. The number of carbonyl (C=O) groups is 2. The number of ether oxygens (including phenoxy) is 1. The largest absolute Gasteiger partial charge is 0.381 e. The number of fused-ring (bicyclic) bond motifs is 1. The van der Waals surface area contributed by atoms with Gasteiger partial charge in [0.25, 0.3) is 5.91 Å². The summed E-state index contributed by atoms with van der Waals surface area (Å²) >= 11 is 6.16. The van der Waals surface area contributed by atoms with Crippen molar-refractivity contribution in [3.05, 3.63) is 88.6 Å². The lowest BCUT2D eigenvalue weighted by molar-refractivity contribution is -0.121. The van der Waals surface area contributed by atoms with E-state index in [-0.39, 0.29) is 11.8 Å². The van der Waals surface area contributed by atoms with Crippen LogP contribution in [0.15, 0.2) is 66.9 Å². The van der Waals surface area contributed by atoms with Gasteiger partial charge in [-0.3, -0.25) is 9.59 Å². The van der Waals surface area contributed by atoms with Gasteiger partial charge in [0.1, 0.15) is 11.9 Å². The summed E-state index contributed by atoms with van der Waals surface area (Å²) in [4.78, 5) is 33.1. The molecule has 2 aliphatic rings. The van der Waals surface area contributed by atoms with E-state index in [0.29, 0.717) is 54.9 Å². The Morgan fingerprint density at radius 1 is 1.03 bits per heavy atom. The molecule has 1 unspecified atom stereocenters. The molecule has 8 heteroatoms. The van der Waals surface area contributed by atoms with Crippen LogP contribution < -0.4 is 10.6 Å². The van der Waals surface area contributed by atoms with Crippen LogP contribution in [-0.4, -0.2) is 41.0 Å². The van der Waals surface area contributed by atoms with Gasteiger partial charge in [-0.15, -0.1) is 0 Å². The minimum atomic E-state index is -0.572. The first-order chi connectivity index (χ1) is 17.6. The van der Waals surface area contributed by atoms with Gasteiger partial charge in [0, 0.05) is 37.5 Å². The van der Waals surface area contributed by atoms with E-state index in [9.17, 15) is 9.59 Å². The number of benzene rings is 2. The molecule has 3 aromatic rings. The molecule has 36 heavy (non-hydrogen) atoms. The predicted molar refractivity (Wildman–Crippen MR) is 140 cm³/mol. The number of rotatable bonds is 7. The minimum Gasteiger partial charge on any atom is -0.381 e. The molecule has 0 spiro atoms. The number of carbonyl (C=O) groups excluding carboxylic acids is 2. The highest BCUT2D eigenvalue weighted by molar-refractivity contribution is 6.31. The Morgan fingerprint density at radius 3 is 2.56 bits per heavy atom. The number of aromatic nitrogens is 1. The molecule has 3 heterocycles. The number of nitrogens with zero attached hydrogens (tertiary/aromatic N) is 2. The molecule has 0 radical (unpaired) electrons. The van der Waals surface area contributed by atoms with E-state index < -0.39 is 6.04 Å². The zero-order valence-electron chi connectivity index (χ0n) is 20.0. The second kappa shape index (κ2) is 11.1. The van der Waals surface area contributed by atoms with Gasteiger partial charge in [-0.25, -0.2) is 4.98 Å². The van der Waals surface area contributed by atoms with Crippen molar-refractivity contribution in [3.8, 4) is 0 Å². The first kappa shape index (κ1) is 24.3. The van der Waals surface area contributed by atoms with Crippen LogP contribution in [0.4, 0.5) is 11.5 Å². The number of pyridine rings is 1. The molecule has 0 aliphatic carbocycles. The topological polar surface area (TPSA) is 83.6 Å². The quantitative estimate of drug-likeness (QED) is 0.466. The van der Waals surface area contributed by atoms with Gasteiger partial charge in [0.15, 0.2) is 0 Å². The minimum absolute atomic E-state index is 0.169. The molecule has 0 bridgehead atoms. The Morgan fingerprint density at radius 2 is 1.81 bits per heavy atom. The smallest absolute Gasteiger partial charge is 0.256 e. The fourth-order valence-electron chi connectivity index (χ4n) is 4.79. The maximum absolute atomic E-state index is 13.7. The standard InChI is InChI=1S/C28H29ClN4O3/c29-22-8-9-23-24(16-22)32-27(34)25(15-19-10-13-36-14-11-19)33(28(23)35)18-21-6-4-20(5-7-21)17-31-26-3-1-2-12-30-26/h1-9,12,16,19,25H,10-11,13-15,17-18H2,(H,30,31)(H,32,34). The van der Waals surface area contributed by atoms with Crippen molar-refractivity contribution in [2.45, 2.75) is 38.4 Å². The summed E-state index contributed by atoms with van der Waals surface area (Å²) in [6.07, 6.45) is 4.14. The monoisotopic (exact) mass is 504 g/mol. The van der Waals surface area contributed by atoms with Crippen LogP contribution in [0.25, 0.3) is 0 Å². The summed E-state index contributed by atoms with van der Waals surface area (Å²) in [6.45, 7) is 2.37. The number of halogens is 1. The Bertz CT molecular complexity index is 1210. The van der Waals surface area contributed by atoms with E-state index >= 15 is 0 Å². The van der Waals surface area contributed by atoms with Gasteiger partial charge >= 0.3 is 0 Å². The van der Waals surface area contributed by atoms with Crippen LogP contribution in [0.5, 0.6) is 0 Å². The maximum atomic E-state index is 13.7. The van der Waals surface area contributed by atoms with Gasteiger partial charge in [-0.1, -0.05) is 41.9 Å². The number of anilines is 2. The van der Waals surface area contributed by atoms with E-state index in [2.05, 4.69) is 15.6 Å². The summed E-state index contributed by atoms with van der Waals surface area (Å²) in [6, 6.07) is 18.3. The SMILES string of the molecule is O=C1Nc2cc(Cl)ccc2C(=O)N(Cc2ccc(CNc3ccccn3)cc2)C1CC1CCOCC1.